The van der Waals surface area contributed by atoms with E-state index in [2.05, 4.69) is 4.98 Å². The molecule has 0 unspecified atom stereocenters. The summed E-state index contributed by atoms with van der Waals surface area (Å²) in [5.74, 6) is -0.728. The number of hydrogen-bond donors (Lipinski definition) is 1. The van der Waals surface area contributed by atoms with E-state index in [9.17, 15) is 23.1 Å². The maximum atomic E-state index is 13.6. The molecular weight excluding hydrogens is 536 g/mol. The summed E-state index contributed by atoms with van der Waals surface area (Å²) in [7, 11) is 0.102. The first kappa shape index (κ1) is 25.4. The Bertz CT molecular complexity index is 1720. The molecule has 1 aliphatic heterocycles. The second kappa shape index (κ2) is 9.23. The molecule has 13 heteroatoms. The summed E-state index contributed by atoms with van der Waals surface area (Å²) in [6.07, 6.45) is 1.42. The fraction of sp³-hybridized carbons (Fsp3) is 0.160. The van der Waals surface area contributed by atoms with Crippen molar-refractivity contribution in [2.75, 3.05) is 31.1 Å². The van der Waals surface area contributed by atoms with Gasteiger partial charge in [-0.3, -0.25) is 9.80 Å². The van der Waals surface area contributed by atoms with E-state index >= 15 is 0 Å². The lowest BCUT2D eigenvalue weighted by molar-refractivity contribution is 0.0689. The number of halogens is 1. The number of aromatic carboxylic acids is 1. The average molecular weight is 557 g/mol. The van der Waals surface area contributed by atoms with Crippen LogP contribution in [0.15, 0.2) is 59.6 Å². The van der Waals surface area contributed by atoms with Crippen LogP contribution in [0.1, 0.15) is 16.1 Å². The number of amides is 2. The second-order valence-electron chi connectivity index (χ2n) is 8.38. The molecule has 1 N–H and O–H groups in total. The molecule has 38 heavy (non-hydrogen) atoms. The largest absolute Gasteiger partial charge is 0.497 e. The number of carbonyl (C=O) groups excluding carboxylic acids is 1. The van der Waals surface area contributed by atoms with Gasteiger partial charge in [-0.25, -0.2) is 27.0 Å². The summed E-state index contributed by atoms with van der Waals surface area (Å²) in [6.45, 7) is 0.0243. The van der Waals surface area contributed by atoms with Gasteiger partial charge >= 0.3 is 12.0 Å². The Morgan fingerprint density at radius 3 is 2.45 bits per heavy atom. The number of urea groups is 1. The fourth-order valence-corrected chi connectivity index (χ4v) is 6.24. The van der Waals surface area contributed by atoms with E-state index in [1.165, 1.54) is 67.6 Å². The molecule has 0 radical (unpaired) electrons. The van der Waals surface area contributed by atoms with Gasteiger partial charge in [-0.05, 0) is 18.2 Å². The first-order valence-electron chi connectivity index (χ1n) is 11.1. The van der Waals surface area contributed by atoms with Crippen LogP contribution in [-0.4, -0.2) is 55.7 Å². The third-order valence-electron chi connectivity index (χ3n) is 6.26. The molecule has 1 aliphatic rings. The maximum absolute atomic E-state index is 13.6. The first-order valence-corrected chi connectivity index (χ1v) is 13.0. The van der Waals surface area contributed by atoms with Crippen LogP contribution in [0.4, 0.5) is 16.2 Å². The molecule has 11 nitrogen and oxygen atoms in total. The lowest BCUT2D eigenvalue weighted by Gasteiger charge is -2.35. The Hall–Kier alpha value is -4.29. The van der Waals surface area contributed by atoms with Crippen molar-refractivity contribution in [3.63, 3.8) is 0 Å². The summed E-state index contributed by atoms with van der Waals surface area (Å²) in [5.41, 5.74) is 0.601. The molecule has 0 fully saturated rings. The number of nitrogens with zero attached hydrogens (tertiary/aromatic N) is 4. The van der Waals surface area contributed by atoms with E-state index in [1.54, 1.807) is 18.2 Å². The standard InChI is InChI=1S/C25H21ClN4O7S/c1-28-22-14(13-29(25(28)33)18-9-15(36-2)10-20(37-3)21(18)26)12-27-23-17(22)11-19(24(31)32)30(23)38(34,35)16-7-5-4-6-8-16/h4-12H,13H2,1-3H3,(H,31,32). The Morgan fingerprint density at radius 2 is 1.82 bits per heavy atom. The van der Waals surface area contributed by atoms with Gasteiger partial charge in [0.05, 0.1) is 37.0 Å². The number of benzene rings is 2. The monoisotopic (exact) mass is 556 g/mol. The average Bonchev–Trinajstić information content (AvgIpc) is 3.32. The molecule has 2 aromatic carbocycles. The smallest absolute Gasteiger partial charge is 0.353 e. The lowest BCUT2D eigenvalue weighted by atomic mass is 10.1. The van der Waals surface area contributed by atoms with Crippen LogP contribution in [-0.2, 0) is 16.6 Å². The van der Waals surface area contributed by atoms with Gasteiger partial charge in [-0.2, -0.15) is 0 Å². The molecule has 0 saturated carbocycles. The van der Waals surface area contributed by atoms with E-state index in [0.717, 1.165) is 0 Å². The molecule has 196 valence electrons. The number of rotatable bonds is 6. The van der Waals surface area contributed by atoms with Crippen LogP contribution in [0.25, 0.3) is 11.0 Å². The number of methoxy groups -OCH3 is 2. The number of pyridine rings is 1. The number of ether oxygens (including phenoxy) is 2. The topological polar surface area (TPSA) is 131 Å². The highest BCUT2D eigenvalue weighted by Crippen LogP contribution is 2.43. The van der Waals surface area contributed by atoms with E-state index in [4.69, 9.17) is 21.1 Å². The molecule has 5 rings (SSSR count). The highest BCUT2D eigenvalue weighted by atomic mass is 35.5. The number of aromatic nitrogens is 2. The normalized spacial score (nSPS) is 13.5. The number of carboxylic acids is 1. The van der Waals surface area contributed by atoms with Crippen LogP contribution < -0.4 is 19.3 Å². The van der Waals surface area contributed by atoms with Gasteiger partial charge in [0.1, 0.15) is 22.2 Å². The first-order chi connectivity index (χ1) is 18.1. The summed E-state index contributed by atoms with van der Waals surface area (Å²) in [6, 6.07) is 11.4. The van der Waals surface area contributed by atoms with Gasteiger partial charge in [-0.1, -0.05) is 29.8 Å². The van der Waals surface area contributed by atoms with Crippen LogP contribution in [0.2, 0.25) is 5.02 Å². The van der Waals surface area contributed by atoms with Crippen molar-refractivity contribution >= 4 is 56.0 Å². The number of anilines is 2. The zero-order valence-corrected chi connectivity index (χ0v) is 21.9. The Labute approximate surface area is 222 Å². The van der Waals surface area contributed by atoms with Crippen LogP contribution in [0.5, 0.6) is 11.5 Å². The summed E-state index contributed by atoms with van der Waals surface area (Å²) >= 11 is 6.53. The van der Waals surface area contributed by atoms with Crippen molar-refractivity contribution in [2.24, 2.45) is 0 Å². The van der Waals surface area contributed by atoms with Gasteiger partial charge in [0.2, 0.25) is 0 Å². The van der Waals surface area contributed by atoms with Crippen molar-refractivity contribution in [3.05, 3.63) is 71.0 Å². The van der Waals surface area contributed by atoms with E-state index in [0.29, 0.717) is 32.4 Å². The summed E-state index contributed by atoms with van der Waals surface area (Å²) < 4.78 is 38.3. The molecule has 2 aromatic heterocycles. The van der Waals surface area contributed by atoms with Gasteiger partial charge in [0.15, 0.2) is 5.65 Å². The summed E-state index contributed by atoms with van der Waals surface area (Å²) in [5, 5.41) is 10.3. The van der Waals surface area contributed by atoms with Crippen molar-refractivity contribution in [1.29, 1.82) is 0 Å². The Morgan fingerprint density at radius 1 is 1.11 bits per heavy atom. The third-order valence-corrected chi connectivity index (χ3v) is 8.36. The number of carboxylic acid groups (broad SMARTS) is 1. The van der Waals surface area contributed by atoms with Crippen molar-refractivity contribution in [1.82, 2.24) is 8.96 Å². The number of hydrogen-bond acceptors (Lipinski definition) is 7. The van der Waals surface area contributed by atoms with E-state index in [1.807, 2.05) is 0 Å². The quantitative estimate of drug-likeness (QED) is 0.373. The molecule has 3 heterocycles. The Balaban J connectivity index is 1.71. The summed E-state index contributed by atoms with van der Waals surface area (Å²) in [4.78, 5) is 32.7. The van der Waals surface area contributed by atoms with Crippen LogP contribution in [0.3, 0.4) is 0 Å². The zero-order chi connectivity index (χ0) is 27.4. The lowest BCUT2D eigenvalue weighted by Crippen LogP contribution is -2.45. The highest BCUT2D eigenvalue weighted by Gasteiger charge is 2.36. The molecule has 0 saturated heterocycles. The molecular formula is C25H21ClN4O7S. The second-order valence-corrected chi connectivity index (χ2v) is 10.5. The van der Waals surface area contributed by atoms with Crippen molar-refractivity contribution in [3.8, 4) is 11.5 Å². The molecule has 0 aliphatic carbocycles. The zero-order valence-electron chi connectivity index (χ0n) is 20.4. The van der Waals surface area contributed by atoms with Gasteiger partial charge in [0, 0.05) is 36.3 Å². The van der Waals surface area contributed by atoms with Crippen LogP contribution in [0, 0.1) is 0 Å². The minimum absolute atomic E-state index is 0.0243. The molecule has 4 aromatic rings. The van der Waals surface area contributed by atoms with Crippen molar-refractivity contribution < 1.29 is 32.6 Å². The van der Waals surface area contributed by atoms with Gasteiger partial charge < -0.3 is 14.6 Å². The minimum Gasteiger partial charge on any atom is -0.497 e. The number of carbonyl (C=O) groups is 2. The van der Waals surface area contributed by atoms with E-state index < -0.39 is 27.7 Å². The fourth-order valence-electron chi connectivity index (χ4n) is 4.48. The predicted octanol–water partition coefficient (Wildman–Crippen LogP) is 4.22. The van der Waals surface area contributed by atoms with Crippen molar-refractivity contribution in [2.45, 2.75) is 11.4 Å². The molecule has 2 amide bonds. The molecule has 0 spiro atoms. The number of fused-ring (bicyclic) bond motifs is 3. The van der Waals surface area contributed by atoms with Gasteiger partial charge in [-0.15, -0.1) is 0 Å². The highest BCUT2D eigenvalue weighted by molar-refractivity contribution is 7.90. The Kier molecular flexibility index (Phi) is 6.16. The van der Waals surface area contributed by atoms with Crippen LogP contribution >= 0.6 is 11.6 Å². The minimum atomic E-state index is -4.32. The third kappa shape index (κ3) is 3.80. The predicted molar refractivity (Wildman–Crippen MR) is 140 cm³/mol. The maximum Gasteiger partial charge on any atom is 0.353 e. The molecule has 0 atom stereocenters. The molecule has 0 bridgehead atoms. The van der Waals surface area contributed by atoms with Gasteiger partial charge in [0.25, 0.3) is 10.0 Å². The van der Waals surface area contributed by atoms with E-state index in [-0.39, 0.29) is 27.5 Å². The SMILES string of the molecule is COc1cc(OC)c(Cl)c(N2Cc3cnc4c(cc(C(=O)O)n4S(=O)(=O)c4ccccc4)c3N(C)C2=O)c1.